The van der Waals surface area contributed by atoms with Gasteiger partial charge in [0.25, 0.3) is 0 Å². The van der Waals surface area contributed by atoms with Gasteiger partial charge in [-0.05, 0) is 58.0 Å². The zero-order valence-electron chi connectivity index (χ0n) is 19.6. The topological polar surface area (TPSA) is 92.7 Å². The minimum absolute atomic E-state index is 0.388. The molecule has 9 nitrogen and oxygen atoms in total. The minimum atomic E-state index is -1.19. The molecule has 2 aromatic heterocycles. The molecule has 0 bridgehead atoms. The van der Waals surface area contributed by atoms with E-state index in [2.05, 4.69) is 37.0 Å². The first-order chi connectivity index (χ1) is 15.9. The summed E-state index contributed by atoms with van der Waals surface area (Å²) in [4.78, 5) is 11.4. The van der Waals surface area contributed by atoms with Crippen molar-refractivity contribution in [3.8, 4) is 0 Å². The number of rotatable bonds is 5. The van der Waals surface area contributed by atoms with Crippen molar-refractivity contribution in [3.63, 3.8) is 0 Å². The molecule has 174 valence electrons. The van der Waals surface area contributed by atoms with Crippen LogP contribution in [0, 0.1) is 6.92 Å². The first-order valence-electron chi connectivity index (χ1n) is 10.9. The molecule has 1 aliphatic rings. The number of aromatic nitrogens is 4. The van der Waals surface area contributed by atoms with Gasteiger partial charge in [-0.2, -0.15) is 15.2 Å². The highest BCUT2D eigenvalue weighted by atomic mass is 32.2. The molecule has 1 saturated heterocycles. The molecule has 1 aliphatic heterocycles. The van der Waals surface area contributed by atoms with E-state index >= 15 is 0 Å². The molecular formula is C23H30N8OS. The average molecular weight is 467 g/mol. The Balaban J connectivity index is 1.58. The molecule has 10 heteroatoms. The summed E-state index contributed by atoms with van der Waals surface area (Å²) in [6.45, 7) is 10.8. The van der Waals surface area contributed by atoms with Crippen LogP contribution in [0.3, 0.4) is 0 Å². The molecule has 4 rings (SSSR count). The van der Waals surface area contributed by atoms with E-state index < -0.39 is 10.8 Å². The van der Waals surface area contributed by atoms with E-state index in [0.717, 1.165) is 41.9 Å². The number of aliphatic imine (C=N–C) groups is 2. The van der Waals surface area contributed by atoms with Crippen molar-refractivity contribution in [3.05, 3.63) is 48.4 Å². The maximum absolute atomic E-state index is 12.1. The zero-order valence-corrected chi connectivity index (χ0v) is 20.4. The second kappa shape index (κ2) is 9.80. The van der Waals surface area contributed by atoms with Gasteiger partial charge in [-0.3, -0.25) is 13.8 Å². The molecule has 1 aromatic carbocycles. The summed E-state index contributed by atoms with van der Waals surface area (Å²) in [5.74, 6) is 1.08. The number of guanidine groups is 1. The third-order valence-corrected chi connectivity index (χ3v) is 6.60. The monoisotopic (exact) mass is 466 g/mol. The van der Waals surface area contributed by atoms with Gasteiger partial charge in [0.1, 0.15) is 5.84 Å². The summed E-state index contributed by atoms with van der Waals surface area (Å²) in [5.41, 5.74) is 3.90. The fourth-order valence-corrected chi connectivity index (χ4v) is 4.74. The third-order valence-electron chi connectivity index (χ3n) is 5.75. The smallest absolute Gasteiger partial charge is 0.228 e. The van der Waals surface area contributed by atoms with Crippen LogP contribution in [0.15, 0.2) is 52.2 Å². The lowest BCUT2D eigenvalue weighted by Crippen LogP contribution is -2.18. The molecular weight excluding hydrogens is 436 g/mol. The maximum atomic E-state index is 12.1. The molecule has 0 radical (unpaired) electrons. The van der Waals surface area contributed by atoms with Crippen LogP contribution in [0.4, 0.5) is 5.69 Å². The van der Waals surface area contributed by atoms with Crippen LogP contribution >= 0.6 is 0 Å². The van der Waals surface area contributed by atoms with Crippen molar-refractivity contribution < 1.29 is 4.21 Å². The van der Waals surface area contributed by atoms with Crippen LogP contribution in [-0.4, -0.2) is 59.8 Å². The number of aryl methyl sites for hydroxylation is 2. The lowest BCUT2D eigenvalue weighted by atomic mass is 10.2. The number of benzene rings is 1. The van der Waals surface area contributed by atoms with Gasteiger partial charge in [0.2, 0.25) is 5.96 Å². The number of likely N-dealkylation sites (tertiary alicyclic amines) is 1. The van der Waals surface area contributed by atoms with E-state index in [-0.39, 0.29) is 0 Å². The number of anilines is 1. The van der Waals surface area contributed by atoms with Crippen LogP contribution < -0.4 is 5.32 Å². The highest BCUT2D eigenvalue weighted by molar-refractivity contribution is 7.84. The van der Waals surface area contributed by atoms with E-state index in [4.69, 9.17) is 0 Å². The molecule has 3 aromatic rings. The van der Waals surface area contributed by atoms with Gasteiger partial charge < -0.3 is 5.32 Å². The maximum Gasteiger partial charge on any atom is 0.228 e. The third kappa shape index (κ3) is 5.12. The Morgan fingerprint density at radius 3 is 2.76 bits per heavy atom. The van der Waals surface area contributed by atoms with Gasteiger partial charge in [0.05, 0.1) is 22.0 Å². The molecule has 33 heavy (non-hydrogen) atoms. The minimum Gasteiger partial charge on any atom is -0.324 e. The molecule has 0 amide bonds. The second-order valence-electron chi connectivity index (χ2n) is 8.20. The quantitative estimate of drug-likeness (QED) is 0.460. The lowest BCUT2D eigenvalue weighted by Gasteiger charge is -2.13. The molecule has 3 heterocycles. The van der Waals surface area contributed by atoms with Gasteiger partial charge in [-0.25, -0.2) is 9.67 Å². The van der Waals surface area contributed by atoms with E-state index in [0.29, 0.717) is 16.8 Å². The summed E-state index contributed by atoms with van der Waals surface area (Å²) in [5, 5.41) is 13.6. The lowest BCUT2D eigenvalue weighted by molar-refractivity contribution is 0.331. The molecule has 0 spiro atoms. The highest BCUT2D eigenvalue weighted by Crippen LogP contribution is 2.24. The number of fused-ring (bicyclic) bond motifs is 1. The van der Waals surface area contributed by atoms with Crippen LogP contribution in [0.1, 0.15) is 31.0 Å². The number of nitrogens with one attached hydrogen (secondary N) is 1. The van der Waals surface area contributed by atoms with Gasteiger partial charge in [0.15, 0.2) is 5.03 Å². The first kappa shape index (κ1) is 23.1. The summed E-state index contributed by atoms with van der Waals surface area (Å²) in [6, 6.07) is 5.77. The van der Waals surface area contributed by atoms with Crippen molar-refractivity contribution in [1.82, 2.24) is 24.5 Å². The molecule has 0 aliphatic carbocycles. The Hall–Kier alpha value is -3.11. The Morgan fingerprint density at radius 1 is 1.30 bits per heavy atom. The highest BCUT2D eigenvalue weighted by Gasteiger charge is 2.16. The van der Waals surface area contributed by atoms with Gasteiger partial charge in [0, 0.05) is 48.9 Å². The van der Waals surface area contributed by atoms with Crippen LogP contribution in [-0.2, 0) is 24.4 Å². The van der Waals surface area contributed by atoms with Crippen molar-refractivity contribution in [2.45, 2.75) is 38.3 Å². The van der Waals surface area contributed by atoms with E-state index in [1.807, 2.05) is 45.3 Å². The average Bonchev–Trinajstić information content (AvgIpc) is 3.49. The molecule has 1 unspecified atom stereocenters. The summed E-state index contributed by atoms with van der Waals surface area (Å²) in [6.07, 6.45) is 7.65. The molecule has 1 fully saturated rings. The molecule has 1 N–H and O–H groups in total. The second-order valence-corrected chi connectivity index (χ2v) is 9.50. The summed E-state index contributed by atoms with van der Waals surface area (Å²) < 4.78 is 15.6. The standard InChI is InChI=1S/C23H30N8OS/c1-6-24-23(26-19-9-10-21-20(13-19)22(33(5)32)28-29(21)4)25-17(3)31-15-18(16(2)27-31)14-30-11-7-8-12-30/h6,9-10,13,15H,1,7-8,11-12,14H2,2-5H3,(H,24,26). The zero-order chi connectivity index (χ0) is 23.5. The predicted molar refractivity (Wildman–Crippen MR) is 134 cm³/mol. The predicted octanol–water partition coefficient (Wildman–Crippen LogP) is 3.29. The molecule has 1 atom stereocenters. The largest absolute Gasteiger partial charge is 0.324 e. The number of hydrogen-bond acceptors (Lipinski definition) is 5. The number of hydrogen-bond donors (Lipinski definition) is 1. The van der Waals surface area contributed by atoms with Crippen LogP contribution in [0.5, 0.6) is 0 Å². The van der Waals surface area contributed by atoms with E-state index in [1.54, 1.807) is 15.6 Å². The number of nitrogens with zero attached hydrogens (tertiary/aromatic N) is 7. The normalized spacial score (nSPS) is 16.5. The SMILES string of the molecule is C=CN=C(N=C(C)n1cc(CN2CCCC2)c(C)n1)Nc1ccc2c(c1)c(S(C)=O)nn2C. The van der Waals surface area contributed by atoms with Crippen molar-refractivity contribution in [2.75, 3.05) is 24.7 Å². The Morgan fingerprint density at radius 2 is 2.06 bits per heavy atom. The van der Waals surface area contributed by atoms with Crippen LogP contribution in [0.2, 0.25) is 0 Å². The van der Waals surface area contributed by atoms with Gasteiger partial charge >= 0.3 is 0 Å². The first-order valence-corrected chi connectivity index (χ1v) is 12.5. The van der Waals surface area contributed by atoms with E-state index in [1.165, 1.54) is 24.6 Å². The fourth-order valence-electron chi connectivity index (χ4n) is 4.03. The summed E-state index contributed by atoms with van der Waals surface area (Å²) in [7, 11) is 0.649. The van der Waals surface area contributed by atoms with Gasteiger partial charge in [-0.1, -0.05) is 6.58 Å². The van der Waals surface area contributed by atoms with Crippen molar-refractivity contribution in [1.29, 1.82) is 0 Å². The Labute approximate surface area is 196 Å². The fraction of sp³-hybridized carbons (Fsp3) is 0.391. The van der Waals surface area contributed by atoms with E-state index in [9.17, 15) is 4.21 Å². The van der Waals surface area contributed by atoms with Gasteiger partial charge in [-0.15, -0.1) is 0 Å². The molecule has 0 saturated carbocycles. The van der Waals surface area contributed by atoms with Crippen LogP contribution in [0.25, 0.3) is 10.9 Å². The van der Waals surface area contributed by atoms with Crippen molar-refractivity contribution in [2.24, 2.45) is 17.0 Å². The Bertz CT molecular complexity index is 1260. The van der Waals surface area contributed by atoms with Crippen molar-refractivity contribution >= 4 is 39.2 Å². The Kier molecular flexibility index (Phi) is 6.85. The summed E-state index contributed by atoms with van der Waals surface area (Å²) >= 11 is 0.